The Morgan fingerprint density at radius 1 is 1.26 bits per heavy atom. The van der Waals surface area contributed by atoms with Crippen molar-refractivity contribution in [1.82, 2.24) is 5.32 Å². The molecule has 1 aliphatic rings. The predicted octanol–water partition coefficient (Wildman–Crippen LogP) is 3.56. The smallest absolute Gasteiger partial charge is 0.0576 e. The Labute approximate surface area is 117 Å². The van der Waals surface area contributed by atoms with Gasteiger partial charge in [-0.1, -0.05) is 37.3 Å². The van der Waals surface area contributed by atoms with Crippen molar-refractivity contribution in [2.75, 3.05) is 13.2 Å². The lowest BCUT2D eigenvalue weighted by molar-refractivity contribution is 0.0993. The zero-order valence-corrected chi connectivity index (χ0v) is 12.1. The molecule has 2 nitrogen and oxygen atoms in total. The molecule has 1 aliphatic heterocycles. The first kappa shape index (κ1) is 14.5. The highest BCUT2D eigenvalue weighted by Crippen LogP contribution is 2.19. The van der Waals surface area contributed by atoms with Gasteiger partial charge in [-0.15, -0.1) is 0 Å². The van der Waals surface area contributed by atoms with Gasteiger partial charge in [-0.25, -0.2) is 0 Å². The molecule has 1 saturated heterocycles. The number of benzene rings is 1. The summed E-state index contributed by atoms with van der Waals surface area (Å²) in [6, 6.07) is 11.4. The van der Waals surface area contributed by atoms with Crippen molar-refractivity contribution in [2.45, 2.75) is 57.6 Å². The maximum atomic E-state index is 5.72. The number of nitrogens with one attached hydrogen (secondary N) is 1. The van der Waals surface area contributed by atoms with Crippen molar-refractivity contribution in [3.63, 3.8) is 0 Å². The number of hydrogen-bond acceptors (Lipinski definition) is 2. The van der Waals surface area contributed by atoms with Crippen LogP contribution >= 0.6 is 0 Å². The Hall–Kier alpha value is -0.860. The van der Waals surface area contributed by atoms with Gasteiger partial charge in [0.1, 0.15) is 0 Å². The summed E-state index contributed by atoms with van der Waals surface area (Å²) in [6.07, 6.45) is 7.89. The van der Waals surface area contributed by atoms with E-state index >= 15 is 0 Å². The second-order valence-electron chi connectivity index (χ2n) is 5.49. The molecule has 0 radical (unpaired) electrons. The largest absolute Gasteiger partial charge is 0.378 e. The van der Waals surface area contributed by atoms with Crippen LogP contribution in [-0.2, 0) is 11.2 Å². The predicted molar refractivity (Wildman–Crippen MR) is 80.4 cm³/mol. The van der Waals surface area contributed by atoms with Crippen LogP contribution in [0.15, 0.2) is 30.3 Å². The molecule has 2 heteroatoms. The molecule has 1 N–H and O–H groups in total. The number of rotatable bonds is 8. The Morgan fingerprint density at radius 2 is 2.11 bits per heavy atom. The molecular weight excluding hydrogens is 234 g/mol. The van der Waals surface area contributed by atoms with Crippen molar-refractivity contribution >= 4 is 0 Å². The normalized spacial score (nSPS) is 20.6. The van der Waals surface area contributed by atoms with E-state index in [1.54, 1.807) is 0 Å². The highest BCUT2D eigenvalue weighted by atomic mass is 16.5. The van der Waals surface area contributed by atoms with E-state index in [4.69, 9.17) is 4.74 Å². The molecule has 1 aromatic carbocycles. The Morgan fingerprint density at radius 3 is 2.79 bits per heavy atom. The first-order valence-electron chi connectivity index (χ1n) is 7.77. The van der Waals surface area contributed by atoms with Crippen LogP contribution in [0.5, 0.6) is 0 Å². The van der Waals surface area contributed by atoms with E-state index in [0.29, 0.717) is 12.1 Å². The van der Waals surface area contributed by atoms with Gasteiger partial charge in [0.25, 0.3) is 0 Å². The van der Waals surface area contributed by atoms with E-state index in [1.165, 1.54) is 44.1 Å². The van der Waals surface area contributed by atoms with Gasteiger partial charge in [-0.05, 0) is 50.6 Å². The Bertz CT molecular complexity index is 332. The Balaban J connectivity index is 1.72. The van der Waals surface area contributed by atoms with Crippen molar-refractivity contribution in [2.24, 2.45) is 0 Å². The summed E-state index contributed by atoms with van der Waals surface area (Å²) in [5.74, 6) is 0. The fourth-order valence-electron chi connectivity index (χ4n) is 2.88. The standard InChI is InChI=1S/C17H27NO/c1-2-18-16(12-13-17-9-6-14-19-17)11-10-15-7-4-3-5-8-15/h3-5,7-8,16-18H,2,6,9-14H2,1H3. The van der Waals surface area contributed by atoms with Crippen LogP contribution in [0.2, 0.25) is 0 Å². The third kappa shape index (κ3) is 5.33. The molecule has 2 atom stereocenters. The Kier molecular flexibility index (Phi) is 6.38. The second kappa shape index (κ2) is 8.34. The second-order valence-corrected chi connectivity index (χ2v) is 5.49. The molecule has 0 saturated carbocycles. The highest BCUT2D eigenvalue weighted by molar-refractivity contribution is 5.14. The number of ether oxygens (including phenoxy) is 1. The molecule has 19 heavy (non-hydrogen) atoms. The lowest BCUT2D eigenvalue weighted by Gasteiger charge is -2.19. The van der Waals surface area contributed by atoms with Crippen LogP contribution in [0.1, 0.15) is 44.6 Å². The summed E-state index contributed by atoms with van der Waals surface area (Å²) in [5.41, 5.74) is 1.45. The van der Waals surface area contributed by atoms with Gasteiger partial charge in [0.15, 0.2) is 0 Å². The van der Waals surface area contributed by atoms with E-state index in [-0.39, 0.29) is 0 Å². The lowest BCUT2D eigenvalue weighted by atomic mass is 9.99. The maximum absolute atomic E-state index is 5.72. The molecule has 0 aliphatic carbocycles. The van der Waals surface area contributed by atoms with Crippen LogP contribution in [0.3, 0.4) is 0 Å². The molecule has 1 fully saturated rings. The van der Waals surface area contributed by atoms with Gasteiger partial charge in [0.05, 0.1) is 6.10 Å². The van der Waals surface area contributed by atoms with E-state index in [1.807, 2.05) is 0 Å². The van der Waals surface area contributed by atoms with E-state index in [9.17, 15) is 0 Å². The van der Waals surface area contributed by atoms with Crippen LogP contribution < -0.4 is 5.32 Å². The topological polar surface area (TPSA) is 21.3 Å². The van der Waals surface area contributed by atoms with Crippen LogP contribution in [0, 0.1) is 0 Å². The molecule has 0 aromatic heterocycles. The van der Waals surface area contributed by atoms with Gasteiger partial charge in [0, 0.05) is 12.6 Å². The minimum Gasteiger partial charge on any atom is -0.378 e. The van der Waals surface area contributed by atoms with Crippen molar-refractivity contribution in [1.29, 1.82) is 0 Å². The summed E-state index contributed by atoms with van der Waals surface area (Å²) < 4.78 is 5.72. The molecule has 0 bridgehead atoms. The van der Waals surface area contributed by atoms with E-state index < -0.39 is 0 Å². The third-order valence-corrected chi connectivity index (χ3v) is 3.98. The van der Waals surface area contributed by atoms with Crippen LogP contribution in [-0.4, -0.2) is 25.3 Å². The van der Waals surface area contributed by atoms with Crippen LogP contribution in [0.25, 0.3) is 0 Å². The molecule has 1 aromatic rings. The highest BCUT2D eigenvalue weighted by Gasteiger charge is 2.17. The summed E-state index contributed by atoms with van der Waals surface area (Å²) in [6.45, 7) is 4.23. The molecule has 1 heterocycles. The SMILES string of the molecule is CCNC(CCc1ccccc1)CCC1CCCO1. The van der Waals surface area contributed by atoms with E-state index in [0.717, 1.165) is 13.2 Å². The first-order valence-corrected chi connectivity index (χ1v) is 7.77. The van der Waals surface area contributed by atoms with Gasteiger partial charge >= 0.3 is 0 Å². The van der Waals surface area contributed by atoms with Gasteiger partial charge in [-0.3, -0.25) is 0 Å². The quantitative estimate of drug-likeness (QED) is 0.772. The summed E-state index contributed by atoms with van der Waals surface area (Å²) in [5, 5.41) is 3.62. The van der Waals surface area contributed by atoms with E-state index in [2.05, 4.69) is 42.6 Å². The number of aryl methyl sites for hydroxylation is 1. The molecule has 106 valence electrons. The monoisotopic (exact) mass is 261 g/mol. The van der Waals surface area contributed by atoms with Crippen molar-refractivity contribution in [3.8, 4) is 0 Å². The molecule has 0 amide bonds. The van der Waals surface area contributed by atoms with Crippen molar-refractivity contribution in [3.05, 3.63) is 35.9 Å². The molecular formula is C17H27NO. The average molecular weight is 261 g/mol. The van der Waals surface area contributed by atoms with Gasteiger partial charge < -0.3 is 10.1 Å². The molecule has 0 spiro atoms. The van der Waals surface area contributed by atoms with Gasteiger partial charge in [-0.2, -0.15) is 0 Å². The average Bonchev–Trinajstić information content (AvgIpc) is 2.96. The zero-order chi connectivity index (χ0) is 13.3. The zero-order valence-electron chi connectivity index (χ0n) is 12.1. The summed E-state index contributed by atoms with van der Waals surface area (Å²) >= 11 is 0. The molecule has 2 rings (SSSR count). The summed E-state index contributed by atoms with van der Waals surface area (Å²) in [4.78, 5) is 0. The number of hydrogen-bond donors (Lipinski definition) is 1. The fourth-order valence-corrected chi connectivity index (χ4v) is 2.88. The fraction of sp³-hybridized carbons (Fsp3) is 0.647. The lowest BCUT2D eigenvalue weighted by Crippen LogP contribution is -2.30. The van der Waals surface area contributed by atoms with Crippen LogP contribution in [0.4, 0.5) is 0 Å². The third-order valence-electron chi connectivity index (χ3n) is 3.98. The minimum atomic E-state index is 0.526. The summed E-state index contributed by atoms with van der Waals surface area (Å²) in [7, 11) is 0. The molecule has 2 unspecified atom stereocenters. The minimum absolute atomic E-state index is 0.526. The van der Waals surface area contributed by atoms with Crippen molar-refractivity contribution < 1.29 is 4.74 Å². The first-order chi connectivity index (χ1) is 9.38. The maximum Gasteiger partial charge on any atom is 0.0576 e. The van der Waals surface area contributed by atoms with Gasteiger partial charge in [0.2, 0.25) is 0 Å².